The Morgan fingerprint density at radius 3 is 1.27 bits per heavy atom. The second-order valence-corrected chi connectivity index (χ2v) is 12.4. The Hall–Kier alpha value is -4.13. The van der Waals surface area contributed by atoms with Crippen molar-refractivity contribution in [1.29, 1.82) is 0 Å². The molecular formula is C44H42F4N2Ti. The summed E-state index contributed by atoms with van der Waals surface area (Å²) in [6.07, 6.45) is 34.9. The predicted octanol–water partition coefficient (Wildman–Crippen LogP) is 12.0. The van der Waals surface area contributed by atoms with Gasteiger partial charge in [0.25, 0.3) is 0 Å². The molecular weight excluding hydrogens is 680 g/mol. The van der Waals surface area contributed by atoms with E-state index in [0.717, 1.165) is 74.1 Å². The molecule has 4 aliphatic carbocycles. The molecule has 0 bridgehead atoms. The Morgan fingerprint density at radius 1 is 0.549 bits per heavy atom. The molecule has 0 aliphatic heterocycles. The predicted molar refractivity (Wildman–Crippen MR) is 193 cm³/mol. The Morgan fingerprint density at radius 2 is 0.980 bits per heavy atom. The molecule has 2 aromatic heterocycles. The van der Waals surface area contributed by atoms with E-state index < -0.39 is 23.3 Å². The standard InChI is InChI=1S/2C17H16F2N.2C5H5.Ti/c2*1-12-7-9-16(13-5-3-2-4-6-13)20(12)17-10-8-14(18)11-15(17)19;2*1-2-4-5-3-1;/h2*2-3,7-10,13H,4-6H2,1H3;2*1-3H,4H2;/q4*-1;+4. The fourth-order valence-corrected chi connectivity index (χ4v) is 6.43. The summed E-state index contributed by atoms with van der Waals surface area (Å²) in [4.78, 5) is 0. The van der Waals surface area contributed by atoms with Crippen LogP contribution in [0.5, 0.6) is 0 Å². The SMILES string of the molecule is Cc1ccc(C2CC=CCC2)n1-c1ccc(F)[c-]c1F.Cc1ccc(C2CC=CCC2)n1-c1ccc(F)[c-]c1F.[C-]1=CC=CC1.[C-]1=CC=CC1.[Ti+4]. The molecule has 0 amide bonds. The van der Waals surface area contributed by atoms with Crippen molar-refractivity contribution >= 4 is 0 Å². The van der Waals surface area contributed by atoms with E-state index in [4.69, 9.17) is 0 Å². The summed E-state index contributed by atoms with van der Waals surface area (Å²) in [5, 5.41) is 0. The third kappa shape index (κ3) is 10.9. The van der Waals surface area contributed by atoms with E-state index in [1.807, 2.05) is 71.6 Å². The van der Waals surface area contributed by atoms with Gasteiger partial charge in [0.2, 0.25) is 0 Å². The van der Waals surface area contributed by atoms with Crippen LogP contribution in [0.4, 0.5) is 17.6 Å². The molecule has 0 saturated heterocycles. The van der Waals surface area contributed by atoms with Gasteiger partial charge in [-0.1, -0.05) is 24.3 Å². The zero-order valence-electron chi connectivity index (χ0n) is 29.1. The molecule has 4 aromatic rings. The first-order chi connectivity index (χ1) is 24.3. The monoisotopic (exact) mass is 722 g/mol. The Labute approximate surface area is 315 Å². The Kier molecular flexibility index (Phi) is 15.6. The summed E-state index contributed by atoms with van der Waals surface area (Å²) in [6, 6.07) is 17.8. The first kappa shape index (κ1) is 39.7. The fourth-order valence-electron chi connectivity index (χ4n) is 6.43. The van der Waals surface area contributed by atoms with Crippen LogP contribution in [-0.2, 0) is 21.7 Å². The number of benzene rings is 2. The second-order valence-electron chi connectivity index (χ2n) is 12.4. The number of aryl methyl sites for hydroxylation is 2. The minimum absolute atomic E-state index is 0. The van der Waals surface area contributed by atoms with Gasteiger partial charge in [0, 0.05) is 57.9 Å². The van der Waals surface area contributed by atoms with Gasteiger partial charge in [0.05, 0.1) is 0 Å². The van der Waals surface area contributed by atoms with Crippen LogP contribution in [0.2, 0.25) is 0 Å². The Bertz CT molecular complexity index is 1750. The summed E-state index contributed by atoms with van der Waals surface area (Å²) < 4.78 is 57.9. The molecule has 2 heterocycles. The van der Waals surface area contributed by atoms with E-state index >= 15 is 0 Å². The summed E-state index contributed by atoms with van der Waals surface area (Å²) in [7, 11) is 0. The molecule has 2 nitrogen and oxygen atoms in total. The summed E-state index contributed by atoms with van der Waals surface area (Å²) >= 11 is 0. The Balaban J connectivity index is 0.000000177. The van der Waals surface area contributed by atoms with E-state index in [1.165, 1.54) is 24.3 Å². The number of allylic oxidation sites excluding steroid dienone is 12. The second kappa shape index (κ2) is 20.1. The third-order valence-corrected chi connectivity index (χ3v) is 8.92. The number of nitrogens with zero attached hydrogens (tertiary/aromatic N) is 2. The average molecular weight is 723 g/mol. The number of rotatable bonds is 4. The minimum atomic E-state index is -0.668. The van der Waals surface area contributed by atoms with Gasteiger partial charge in [0.15, 0.2) is 0 Å². The van der Waals surface area contributed by atoms with Gasteiger partial charge in [-0.25, -0.2) is 41.9 Å². The molecule has 2 atom stereocenters. The normalized spacial score (nSPS) is 17.9. The topological polar surface area (TPSA) is 9.86 Å². The molecule has 2 unspecified atom stereocenters. The van der Waals surface area contributed by atoms with Crippen LogP contribution < -0.4 is 0 Å². The van der Waals surface area contributed by atoms with Crippen LogP contribution in [0.3, 0.4) is 0 Å². The number of hydrogen-bond acceptors (Lipinski definition) is 0. The van der Waals surface area contributed by atoms with E-state index in [0.29, 0.717) is 23.2 Å². The maximum Gasteiger partial charge on any atom is 4.00 e. The molecule has 7 heteroatoms. The van der Waals surface area contributed by atoms with Gasteiger partial charge >= 0.3 is 21.7 Å². The zero-order valence-corrected chi connectivity index (χ0v) is 30.7. The van der Waals surface area contributed by atoms with Crippen LogP contribution in [-0.4, -0.2) is 9.13 Å². The van der Waals surface area contributed by atoms with Crippen LogP contribution in [0, 0.1) is 61.4 Å². The zero-order chi connectivity index (χ0) is 35.3. The molecule has 0 fully saturated rings. The third-order valence-electron chi connectivity index (χ3n) is 8.92. The average Bonchev–Trinajstić information content (AvgIpc) is 3.97. The van der Waals surface area contributed by atoms with Gasteiger partial charge in [-0.3, -0.25) is 12.2 Å². The number of aromatic nitrogens is 2. The molecule has 0 N–H and O–H groups in total. The van der Waals surface area contributed by atoms with Crippen LogP contribution >= 0.6 is 0 Å². The maximum atomic E-state index is 14.0. The first-order valence-corrected chi connectivity index (χ1v) is 17.2. The number of halogens is 4. The summed E-state index contributed by atoms with van der Waals surface area (Å²) in [5.74, 6) is -1.85. The minimum Gasteiger partial charge on any atom is -0.369 e. The quantitative estimate of drug-likeness (QED) is 0.0859. The van der Waals surface area contributed by atoms with Crippen molar-refractivity contribution < 1.29 is 39.3 Å². The molecule has 0 radical (unpaired) electrons. The van der Waals surface area contributed by atoms with Gasteiger partial charge < -0.3 is 9.13 Å². The van der Waals surface area contributed by atoms with E-state index in [-0.39, 0.29) is 21.7 Å². The van der Waals surface area contributed by atoms with E-state index in [2.05, 4.69) is 60.7 Å². The van der Waals surface area contributed by atoms with Gasteiger partial charge in [-0.2, -0.15) is 12.2 Å². The summed E-state index contributed by atoms with van der Waals surface area (Å²) in [6.45, 7) is 3.87. The van der Waals surface area contributed by atoms with Gasteiger partial charge in [-0.15, -0.1) is 49.2 Å². The molecule has 2 aromatic carbocycles. The maximum absolute atomic E-state index is 14.0. The van der Waals surface area contributed by atoms with Crippen molar-refractivity contribution in [2.45, 2.75) is 77.0 Å². The van der Waals surface area contributed by atoms with Gasteiger partial charge in [-0.05, 0) is 88.0 Å². The van der Waals surface area contributed by atoms with Crippen LogP contribution in [0.15, 0.2) is 109 Å². The van der Waals surface area contributed by atoms with Crippen LogP contribution in [0.25, 0.3) is 11.4 Å². The van der Waals surface area contributed by atoms with Crippen molar-refractivity contribution in [3.8, 4) is 11.4 Å². The molecule has 4 aliphatic rings. The van der Waals surface area contributed by atoms with Crippen molar-refractivity contribution in [3.63, 3.8) is 0 Å². The first-order valence-electron chi connectivity index (χ1n) is 17.2. The summed E-state index contributed by atoms with van der Waals surface area (Å²) in [5.41, 5.74) is 4.83. The molecule has 0 saturated carbocycles. The van der Waals surface area contributed by atoms with Gasteiger partial charge in [0.1, 0.15) is 0 Å². The fraction of sp³-hybridized carbons (Fsp3) is 0.273. The van der Waals surface area contributed by atoms with E-state index in [9.17, 15) is 17.6 Å². The van der Waals surface area contributed by atoms with Crippen molar-refractivity contribution in [2.75, 3.05) is 0 Å². The molecule has 260 valence electrons. The molecule has 51 heavy (non-hydrogen) atoms. The van der Waals surface area contributed by atoms with E-state index in [1.54, 1.807) is 0 Å². The van der Waals surface area contributed by atoms with Crippen molar-refractivity contribution in [1.82, 2.24) is 9.13 Å². The number of hydrogen-bond donors (Lipinski definition) is 0. The smallest absolute Gasteiger partial charge is 0.369 e. The molecule has 0 spiro atoms. The van der Waals surface area contributed by atoms with Crippen molar-refractivity contribution in [3.05, 3.63) is 180 Å². The molecule has 8 rings (SSSR count). The van der Waals surface area contributed by atoms with Crippen molar-refractivity contribution in [2.24, 2.45) is 0 Å². The largest absolute Gasteiger partial charge is 4.00 e. The van der Waals surface area contributed by atoms with Crippen LogP contribution in [0.1, 0.15) is 86.0 Å².